The first-order chi connectivity index (χ1) is 16.7. The van der Waals surface area contributed by atoms with Crippen LogP contribution in [-0.2, 0) is 0 Å². The molecule has 0 atom stereocenters. The summed E-state index contributed by atoms with van der Waals surface area (Å²) in [6.45, 7) is 2.57. The summed E-state index contributed by atoms with van der Waals surface area (Å²) >= 11 is 0. The van der Waals surface area contributed by atoms with Gasteiger partial charge in [-0.2, -0.15) is 0 Å². The van der Waals surface area contributed by atoms with Crippen molar-refractivity contribution in [2.75, 3.05) is 24.3 Å². The summed E-state index contributed by atoms with van der Waals surface area (Å²) in [6.07, 6.45) is 10.7. The molecule has 4 aromatic rings. The third kappa shape index (κ3) is 4.66. The van der Waals surface area contributed by atoms with Crippen LogP contribution in [0.25, 0.3) is 16.7 Å². The number of imidazole rings is 1. The lowest BCUT2D eigenvalue weighted by atomic mass is 10.0. The van der Waals surface area contributed by atoms with E-state index in [9.17, 15) is 0 Å². The number of allylic oxidation sites excluding steroid dienone is 3. The Hall–Kier alpha value is -4.46. The molecule has 5 rings (SSSR count). The summed E-state index contributed by atoms with van der Waals surface area (Å²) in [5, 5.41) is 7.02. The number of para-hydroxylation sites is 1. The Morgan fingerprint density at radius 1 is 1.00 bits per heavy atom. The number of hydrogen-bond acceptors (Lipinski definition) is 7. The van der Waals surface area contributed by atoms with E-state index in [1.165, 1.54) is 0 Å². The molecule has 1 aliphatic rings. The highest BCUT2D eigenvalue weighted by atomic mass is 16.5. The lowest BCUT2D eigenvalue weighted by Gasteiger charge is -2.16. The monoisotopic (exact) mass is 451 g/mol. The molecule has 8 heteroatoms. The second-order valence-corrected chi connectivity index (χ2v) is 7.84. The summed E-state index contributed by atoms with van der Waals surface area (Å²) in [4.78, 5) is 21.2. The van der Waals surface area contributed by atoms with Gasteiger partial charge in [-0.1, -0.05) is 30.4 Å². The van der Waals surface area contributed by atoms with Crippen LogP contribution >= 0.6 is 0 Å². The van der Waals surface area contributed by atoms with Gasteiger partial charge in [0.1, 0.15) is 17.0 Å². The first kappa shape index (κ1) is 21.4. The maximum Gasteiger partial charge on any atom is 0.213 e. The predicted molar refractivity (Wildman–Crippen MR) is 135 cm³/mol. The van der Waals surface area contributed by atoms with Gasteiger partial charge in [-0.3, -0.25) is 0 Å². The van der Waals surface area contributed by atoms with E-state index >= 15 is 0 Å². The fraction of sp³-hybridized carbons (Fsp3) is 0.154. The Morgan fingerprint density at radius 2 is 1.88 bits per heavy atom. The normalized spacial score (nSPS) is 13.5. The van der Waals surface area contributed by atoms with Crippen LogP contribution in [-0.4, -0.2) is 38.6 Å². The van der Waals surface area contributed by atoms with Crippen molar-refractivity contribution < 1.29 is 4.74 Å². The Morgan fingerprint density at radius 3 is 2.68 bits per heavy atom. The molecule has 0 bridgehead atoms. The number of aromatic nitrogens is 5. The molecular weight excluding hydrogens is 426 g/mol. The third-order valence-corrected chi connectivity index (χ3v) is 5.47. The van der Waals surface area contributed by atoms with Gasteiger partial charge < -0.3 is 20.4 Å². The van der Waals surface area contributed by atoms with Crippen LogP contribution in [0.1, 0.15) is 17.9 Å². The Bertz CT molecular complexity index is 1390. The molecule has 1 aliphatic carbocycles. The van der Waals surface area contributed by atoms with Crippen LogP contribution < -0.4 is 15.4 Å². The lowest BCUT2D eigenvalue weighted by molar-refractivity contribution is 0.398. The van der Waals surface area contributed by atoms with Crippen LogP contribution in [0.2, 0.25) is 0 Å². The molecule has 1 aromatic carbocycles. The molecule has 0 radical (unpaired) electrons. The van der Waals surface area contributed by atoms with Crippen LogP contribution in [0.4, 0.5) is 11.4 Å². The minimum absolute atomic E-state index is 0.567. The highest BCUT2D eigenvalue weighted by molar-refractivity contribution is 5.93. The van der Waals surface area contributed by atoms with E-state index in [0.717, 1.165) is 45.8 Å². The van der Waals surface area contributed by atoms with Gasteiger partial charge in [0.05, 0.1) is 25.3 Å². The smallest absolute Gasteiger partial charge is 0.213 e. The number of aryl methyl sites for hydroxylation is 1. The molecule has 34 heavy (non-hydrogen) atoms. The van der Waals surface area contributed by atoms with E-state index < -0.39 is 0 Å². The molecule has 170 valence electrons. The Labute approximate surface area is 197 Å². The molecule has 3 heterocycles. The zero-order valence-corrected chi connectivity index (χ0v) is 19.0. The van der Waals surface area contributed by atoms with Crippen LogP contribution in [0, 0.1) is 6.92 Å². The number of nitrogens with zero attached hydrogens (tertiary/aromatic N) is 4. The van der Waals surface area contributed by atoms with Gasteiger partial charge in [0, 0.05) is 29.6 Å². The SMILES string of the molecule is COc1ccc(NC2=CCC=C(CNc3ccccc3)C=C2c2nc(C)nc3nc[nH]c23)cn1. The van der Waals surface area contributed by atoms with E-state index in [1.807, 2.05) is 37.3 Å². The third-order valence-electron chi connectivity index (χ3n) is 5.47. The van der Waals surface area contributed by atoms with Gasteiger partial charge in [-0.25, -0.2) is 19.9 Å². The molecule has 0 spiro atoms. The fourth-order valence-electron chi connectivity index (χ4n) is 3.83. The second kappa shape index (κ2) is 9.58. The summed E-state index contributed by atoms with van der Waals surface area (Å²) in [5.74, 6) is 1.23. The molecule has 0 fully saturated rings. The van der Waals surface area contributed by atoms with Crippen molar-refractivity contribution in [2.45, 2.75) is 13.3 Å². The van der Waals surface area contributed by atoms with E-state index in [0.29, 0.717) is 23.9 Å². The maximum atomic E-state index is 5.19. The van der Waals surface area contributed by atoms with E-state index in [4.69, 9.17) is 9.72 Å². The largest absolute Gasteiger partial charge is 0.481 e. The van der Waals surface area contributed by atoms with Crippen LogP contribution in [0.3, 0.4) is 0 Å². The Kier molecular flexibility index (Phi) is 6.03. The molecular formula is C26H25N7O. The summed E-state index contributed by atoms with van der Waals surface area (Å²) in [5.41, 5.74) is 7.22. The van der Waals surface area contributed by atoms with Crippen molar-refractivity contribution in [3.63, 3.8) is 0 Å². The summed E-state index contributed by atoms with van der Waals surface area (Å²) in [7, 11) is 1.61. The molecule has 3 aromatic heterocycles. The highest BCUT2D eigenvalue weighted by Crippen LogP contribution is 2.31. The average molecular weight is 452 g/mol. The lowest BCUT2D eigenvalue weighted by Crippen LogP contribution is -2.08. The second-order valence-electron chi connectivity index (χ2n) is 7.84. The van der Waals surface area contributed by atoms with Crippen molar-refractivity contribution in [3.05, 3.63) is 96.0 Å². The van der Waals surface area contributed by atoms with E-state index in [-0.39, 0.29) is 0 Å². The van der Waals surface area contributed by atoms with E-state index in [1.54, 1.807) is 19.6 Å². The first-order valence-electron chi connectivity index (χ1n) is 11.0. The van der Waals surface area contributed by atoms with Gasteiger partial charge in [0.25, 0.3) is 0 Å². The van der Waals surface area contributed by atoms with Gasteiger partial charge in [0.15, 0.2) is 5.65 Å². The molecule has 0 saturated carbocycles. The first-order valence-corrected chi connectivity index (χ1v) is 11.0. The number of fused-ring (bicyclic) bond motifs is 1. The summed E-state index contributed by atoms with van der Waals surface area (Å²) in [6, 6.07) is 14.0. The number of methoxy groups -OCH3 is 1. The predicted octanol–water partition coefficient (Wildman–Crippen LogP) is 4.89. The number of nitrogens with one attached hydrogen (secondary N) is 3. The highest BCUT2D eigenvalue weighted by Gasteiger charge is 2.19. The number of benzene rings is 1. The molecule has 0 unspecified atom stereocenters. The topological polar surface area (TPSA) is 101 Å². The number of ether oxygens (including phenoxy) is 1. The molecule has 0 amide bonds. The molecule has 0 saturated heterocycles. The zero-order chi connectivity index (χ0) is 23.3. The fourth-order valence-corrected chi connectivity index (χ4v) is 3.83. The number of H-pyrrole nitrogens is 1. The Balaban J connectivity index is 1.52. The van der Waals surface area contributed by atoms with Crippen LogP contribution in [0.15, 0.2) is 84.5 Å². The minimum Gasteiger partial charge on any atom is -0.481 e. The number of rotatable bonds is 7. The van der Waals surface area contributed by atoms with Gasteiger partial charge in [-0.15, -0.1) is 0 Å². The standard InChI is InChI=1S/C26H25N7O/c1-17-31-24(25-26(32-17)30-16-29-25)21-13-18(14-27-19-8-4-3-5-9-19)7-6-10-22(21)33-20-11-12-23(34-2)28-15-20/h3-5,7-13,15-16,27,33H,6,14H2,1-2H3,(H,29,30,31,32). The van der Waals surface area contributed by atoms with E-state index in [2.05, 4.69) is 60.9 Å². The molecule has 0 aliphatic heterocycles. The van der Waals surface area contributed by atoms with Crippen molar-refractivity contribution in [1.82, 2.24) is 24.9 Å². The number of pyridine rings is 1. The summed E-state index contributed by atoms with van der Waals surface area (Å²) < 4.78 is 5.19. The van der Waals surface area contributed by atoms with Crippen LogP contribution in [0.5, 0.6) is 5.88 Å². The number of anilines is 2. The average Bonchev–Trinajstić information content (AvgIpc) is 3.24. The van der Waals surface area contributed by atoms with Crippen molar-refractivity contribution in [2.24, 2.45) is 0 Å². The quantitative estimate of drug-likeness (QED) is 0.368. The van der Waals surface area contributed by atoms with Gasteiger partial charge >= 0.3 is 0 Å². The molecule has 8 nitrogen and oxygen atoms in total. The zero-order valence-electron chi connectivity index (χ0n) is 19.0. The molecule has 3 N–H and O–H groups in total. The minimum atomic E-state index is 0.567. The van der Waals surface area contributed by atoms with Crippen molar-refractivity contribution in [1.29, 1.82) is 0 Å². The van der Waals surface area contributed by atoms with Gasteiger partial charge in [-0.05, 0) is 43.2 Å². The maximum absolute atomic E-state index is 5.19. The van der Waals surface area contributed by atoms with Crippen molar-refractivity contribution >= 4 is 28.1 Å². The number of hydrogen-bond donors (Lipinski definition) is 3. The number of aromatic amines is 1. The van der Waals surface area contributed by atoms with Crippen molar-refractivity contribution in [3.8, 4) is 5.88 Å². The van der Waals surface area contributed by atoms with Gasteiger partial charge in [0.2, 0.25) is 5.88 Å².